The van der Waals surface area contributed by atoms with Gasteiger partial charge in [0.25, 0.3) is 0 Å². The van der Waals surface area contributed by atoms with Crippen LogP contribution in [-0.2, 0) is 12.8 Å². The van der Waals surface area contributed by atoms with Crippen LogP contribution in [0.3, 0.4) is 0 Å². The average molecular weight is 208 g/mol. The number of hydrogen-bond donors (Lipinski definition) is 0. The van der Waals surface area contributed by atoms with E-state index in [9.17, 15) is 0 Å². The lowest BCUT2D eigenvalue weighted by Crippen LogP contribution is -2.14. The van der Waals surface area contributed by atoms with E-state index in [0.717, 1.165) is 25.1 Å². The fourth-order valence-corrected chi connectivity index (χ4v) is 2.07. The Labute approximate surface area is 89.8 Å². The number of nitrogens with zero attached hydrogens (tertiary/aromatic N) is 1. The summed E-state index contributed by atoms with van der Waals surface area (Å²) in [7, 11) is 0. The van der Waals surface area contributed by atoms with E-state index in [4.69, 9.17) is 11.6 Å². The molecule has 0 unspecified atom stereocenters. The Bertz CT molecular complexity index is 369. The van der Waals surface area contributed by atoms with Crippen LogP contribution in [0.25, 0.3) is 0 Å². The van der Waals surface area contributed by atoms with Gasteiger partial charge in [0.1, 0.15) is 0 Å². The van der Waals surface area contributed by atoms with Gasteiger partial charge < -0.3 is 0 Å². The molecule has 74 valence electrons. The topological polar surface area (TPSA) is 12.4 Å². The van der Waals surface area contributed by atoms with Crippen LogP contribution in [0, 0.1) is 0 Å². The number of aryl methyl sites for hydroxylation is 1. The summed E-state index contributed by atoms with van der Waals surface area (Å²) in [5.41, 5.74) is 5.09. The van der Waals surface area contributed by atoms with Gasteiger partial charge in [0.2, 0.25) is 0 Å². The van der Waals surface area contributed by atoms with Crippen LogP contribution in [0.4, 0.5) is 0 Å². The average Bonchev–Trinajstić information content (AvgIpc) is 2.27. The van der Waals surface area contributed by atoms with E-state index in [2.05, 4.69) is 30.1 Å². The SMILES string of the molecule is CCc1ccc2c(c1)C(CCl)=NCC2. The molecule has 0 atom stereocenters. The maximum Gasteiger partial charge on any atom is 0.0649 e. The quantitative estimate of drug-likeness (QED) is 0.662. The number of hydrogen-bond acceptors (Lipinski definition) is 1. The van der Waals surface area contributed by atoms with Gasteiger partial charge in [-0.05, 0) is 30.0 Å². The van der Waals surface area contributed by atoms with E-state index in [1.165, 1.54) is 16.7 Å². The van der Waals surface area contributed by atoms with Crippen LogP contribution in [0.1, 0.15) is 23.6 Å². The summed E-state index contributed by atoms with van der Waals surface area (Å²) in [5, 5.41) is 0. The van der Waals surface area contributed by atoms with Crippen LogP contribution in [0.5, 0.6) is 0 Å². The molecule has 0 saturated heterocycles. The molecule has 0 aliphatic carbocycles. The van der Waals surface area contributed by atoms with Crippen molar-refractivity contribution in [1.82, 2.24) is 0 Å². The largest absolute Gasteiger partial charge is 0.288 e. The molecule has 1 aliphatic rings. The molecule has 0 radical (unpaired) electrons. The van der Waals surface area contributed by atoms with Crippen LogP contribution in [0.15, 0.2) is 23.2 Å². The Balaban J connectivity index is 2.46. The predicted molar refractivity (Wildman–Crippen MR) is 61.6 cm³/mol. The van der Waals surface area contributed by atoms with Gasteiger partial charge in [-0.2, -0.15) is 0 Å². The number of aliphatic imine (C=N–C) groups is 1. The number of halogens is 1. The lowest BCUT2D eigenvalue weighted by atomic mass is 9.95. The minimum Gasteiger partial charge on any atom is -0.288 e. The highest BCUT2D eigenvalue weighted by Crippen LogP contribution is 2.19. The van der Waals surface area contributed by atoms with Crippen LogP contribution in [-0.4, -0.2) is 18.1 Å². The highest BCUT2D eigenvalue weighted by molar-refractivity contribution is 6.32. The summed E-state index contributed by atoms with van der Waals surface area (Å²) < 4.78 is 0. The molecule has 0 saturated carbocycles. The summed E-state index contributed by atoms with van der Waals surface area (Å²) in [5.74, 6) is 0.528. The van der Waals surface area contributed by atoms with E-state index in [0.29, 0.717) is 5.88 Å². The third-order valence-electron chi connectivity index (χ3n) is 2.70. The fourth-order valence-electron chi connectivity index (χ4n) is 1.84. The molecule has 1 aromatic rings. The van der Waals surface area contributed by atoms with Crippen molar-refractivity contribution >= 4 is 17.3 Å². The van der Waals surface area contributed by atoms with Gasteiger partial charge in [0, 0.05) is 12.1 Å². The Morgan fingerprint density at radius 3 is 3.00 bits per heavy atom. The Morgan fingerprint density at radius 1 is 1.43 bits per heavy atom. The van der Waals surface area contributed by atoms with E-state index in [-0.39, 0.29) is 0 Å². The first-order valence-electron chi connectivity index (χ1n) is 5.06. The first-order valence-corrected chi connectivity index (χ1v) is 5.60. The predicted octanol–water partition coefficient (Wildman–Crippen LogP) is 2.83. The summed E-state index contributed by atoms with van der Waals surface area (Å²) in [6, 6.07) is 6.65. The zero-order valence-electron chi connectivity index (χ0n) is 8.39. The van der Waals surface area contributed by atoms with Crippen LogP contribution in [0.2, 0.25) is 0 Å². The highest BCUT2D eigenvalue weighted by atomic mass is 35.5. The van der Waals surface area contributed by atoms with Gasteiger partial charge in [0.05, 0.1) is 11.6 Å². The lowest BCUT2D eigenvalue weighted by Gasteiger charge is -2.16. The van der Waals surface area contributed by atoms with E-state index >= 15 is 0 Å². The minimum absolute atomic E-state index is 0.528. The van der Waals surface area contributed by atoms with Gasteiger partial charge in [-0.15, -0.1) is 11.6 Å². The smallest absolute Gasteiger partial charge is 0.0649 e. The third-order valence-corrected chi connectivity index (χ3v) is 2.96. The monoisotopic (exact) mass is 207 g/mol. The maximum atomic E-state index is 5.87. The molecular formula is C12H14ClN. The molecule has 0 spiro atoms. The van der Waals surface area contributed by atoms with Gasteiger partial charge in [0.15, 0.2) is 0 Å². The van der Waals surface area contributed by atoms with Crippen molar-refractivity contribution in [3.63, 3.8) is 0 Å². The van der Waals surface area contributed by atoms with Gasteiger partial charge in [-0.1, -0.05) is 19.1 Å². The Hall–Kier alpha value is -0.820. The first-order chi connectivity index (χ1) is 6.85. The fraction of sp³-hybridized carbons (Fsp3) is 0.417. The van der Waals surface area contributed by atoms with Gasteiger partial charge in [-0.3, -0.25) is 4.99 Å². The lowest BCUT2D eigenvalue weighted by molar-refractivity contribution is 0.938. The van der Waals surface area contributed by atoms with Crippen molar-refractivity contribution in [2.75, 3.05) is 12.4 Å². The number of fused-ring (bicyclic) bond motifs is 1. The van der Waals surface area contributed by atoms with Gasteiger partial charge in [-0.25, -0.2) is 0 Å². The van der Waals surface area contributed by atoms with Crippen molar-refractivity contribution in [2.45, 2.75) is 19.8 Å². The molecule has 0 aromatic heterocycles. The normalized spacial score (nSPS) is 14.9. The maximum absolute atomic E-state index is 5.87. The zero-order chi connectivity index (χ0) is 9.97. The van der Waals surface area contributed by atoms with E-state index in [1.807, 2.05) is 0 Å². The van der Waals surface area contributed by atoms with Crippen molar-refractivity contribution in [3.05, 3.63) is 34.9 Å². The Morgan fingerprint density at radius 2 is 2.29 bits per heavy atom. The summed E-state index contributed by atoms with van der Waals surface area (Å²) in [6.07, 6.45) is 2.13. The summed E-state index contributed by atoms with van der Waals surface area (Å²) in [6.45, 7) is 3.06. The number of rotatable bonds is 2. The second-order valence-electron chi connectivity index (χ2n) is 3.56. The van der Waals surface area contributed by atoms with Crippen molar-refractivity contribution in [1.29, 1.82) is 0 Å². The third kappa shape index (κ3) is 1.69. The Kier molecular flexibility index (Phi) is 2.87. The number of benzene rings is 1. The van der Waals surface area contributed by atoms with Crippen molar-refractivity contribution < 1.29 is 0 Å². The molecule has 1 aromatic carbocycles. The second-order valence-corrected chi connectivity index (χ2v) is 3.82. The summed E-state index contributed by atoms with van der Waals surface area (Å²) >= 11 is 5.87. The zero-order valence-corrected chi connectivity index (χ0v) is 9.14. The molecule has 1 heterocycles. The van der Waals surface area contributed by atoms with Crippen LogP contribution < -0.4 is 0 Å². The molecule has 1 nitrogen and oxygen atoms in total. The number of alkyl halides is 1. The van der Waals surface area contributed by atoms with E-state index < -0.39 is 0 Å². The minimum atomic E-state index is 0.528. The van der Waals surface area contributed by atoms with Crippen molar-refractivity contribution in [3.8, 4) is 0 Å². The molecule has 0 N–H and O–H groups in total. The molecule has 0 bridgehead atoms. The molecule has 1 aliphatic heterocycles. The molecule has 14 heavy (non-hydrogen) atoms. The van der Waals surface area contributed by atoms with Gasteiger partial charge >= 0.3 is 0 Å². The van der Waals surface area contributed by atoms with Crippen LogP contribution >= 0.6 is 11.6 Å². The standard InChI is InChI=1S/C12H14ClN/c1-2-9-3-4-10-5-6-14-12(8-13)11(10)7-9/h3-4,7H,2,5-6,8H2,1H3. The van der Waals surface area contributed by atoms with E-state index in [1.54, 1.807) is 0 Å². The molecule has 2 heteroatoms. The molecule has 2 rings (SSSR count). The first kappa shape index (κ1) is 9.72. The van der Waals surface area contributed by atoms with Crippen molar-refractivity contribution in [2.24, 2.45) is 4.99 Å². The molecule has 0 fully saturated rings. The second kappa shape index (κ2) is 4.14. The molecular weight excluding hydrogens is 194 g/mol. The highest BCUT2D eigenvalue weighted by Gasteiger charge is 2.12. The molecule has 0 amide bonds. The summed E-state index contributed by atoms with van der Waals surface area (Å²) in [4.78, 5) is 4.45.